The monoisotopic (exact) mass is 338 g/mol. The maximum absolute atomic E-state index is 12.4. The number of hydrogen-bond acceptors (Lipinski definition) is 3. The molecule has 2 aromatic carbocycles. The lowest BCUT2D eigenvalue weighted by Gasteiger charge is -1.97. The van der Waals surface area contributed by atoms with Crippen LogP contribution in [-0.2, 0) is 0 Å². The Morgan fingerprint density at radius 3 is 2.57 bits per heavy atom. The van der Waals surface area contributed by atoms with Crippen molar-refractivity contribution in [2.75, 3.05) is 0 Å². The zero-order chi connectivity index (χ0) is 14.4. The van der Waals surface area contributed by atoms with Crippen molar-refractivity contribution in [2.45, 2.75) is 0 Å². The summed E-state index contributed by atoms with van der Waals surface area (Å²) in [5, 5.41) is 8.41. The van der Waals surface area contributed by atoms with Crippen LogP contribution in [0.1, 0.15) is 16.1 Å². The molecule has 0 atom stereocenters. The minimum absolute atomic E-state index is 0.0149. The maximum Gasteiger partial charge on any atom is 0.239 e. The molecule has 100 valence electrons. The van der Waals surface area contributed by atoms with Crippen LogP contribution in [0.25, 0.3) is 16.9 Å². The van der Waals surface area contributed by atoms with E-state index in [1.807, 2.05) is 48.5 Å². The lowest BCUT2D eigenvalue weighted by molar-refractivity contribution is -0.664. The molecule has 0 bridgehead atoms. The van der Waals surface area contributed by atoms with Gasteiger partial charge in [-0.15, -0.1) is 0 Å². The Morgan fingerprint density at radius 1 is 1.00 bits per heavy atom. The Kier molecular flexibility index (Phi) is 2.68. The SMILES string of the molecule is O=C1c2ccccc2-[n+]2nnc(-c3ccc(Br)cc3)cc21. The quantitative estimate of drug-likeness (QED) is 0.501. The van der Waals surface area contributed by atoms with E-state index in [1.165, 1.54) is 0 Å². The summed E-state index contributed by atoms with van der Waals surface area (Å²) in [5.41, 5.74) is 3.61. The second kappa shape index (κ2) is 4.56. The number of para-hydroxylation sites is 1. The van der Waals surface area contributed by atoms with Gasteiger partial charge in [0.05, 0.1) is 10.7 Å². The van der Waals surface area contributed by atoms with Crippen LogP contribution in [0.15, 0.2) is 59.1 Å². The molecule has 4 nitrogen and oxygen atoms in total. The topological polar surface area (TPSA) is 46.7 Å². The predicted molar refractivity (Wildman–Crippen MR) is 80.1 cm³/mol. The van der Waals surface area contributed by atoms with Crippen LogP contribution in [0.2, 0.25) is 0 Å². The Morgan fingerprint density at radius 2 is 1.76 bits per heavy atom. The predicted octanol–water partition coefficient (Wildman–Crippen LogP) is 2.73. The molecule has 0 radical (unpaired) electrons. The number of carbonyl (C=O) groups excluding carboxylic acids is 1. The number of hydrogen-bond donors (Lipinski definition) is 0. The fourth-order valence-electron chi connectivity index (χ4n) is 2.45. The summed E-state index contributed by atoms with van der Waals surface area (Å²) in [7, 11) is 0. The number of fused-ring (bicyclic) bond motifs is 3. The van der Waals surface area contributed by atoms with E-state index in [2.05, 4.69) is 26.2 Å². The molecule has 21 heavy (non-hydrogen) atoms. The van der Waals surface area contributed by atoms with E-state index in [0.29, 0.717) is 17.0 Å². The molecule has 5 heteroatoms. The largest absolute Gasteiger partial charge is 0.284 e. The van der Waals surface area contributed by atoms with Gasteiger partial charge in [0.1, 0.15) is 5.21 Å². The molecule has 2 heterocycles. The van der Waals surface area contributed by atoms with Crippen molar-refractivity contribution in [3.05, 3.63) is 70.3 Å². The normalized spacial score (nSPS) is 12.1. The van der Waals surface area contributed by atoms with Gasteiger partial charge in [-0.2, -0.15) is 0 Å². The lowest BCUT2D eigenvalue weighted by atomic mass is 10.1. The van der Waals surface area contributed by atoms with Crippen LogP contribution in [0.5, 0.6) is 0 Å². The average molecular weight is 339 g/mol. The maximum atomic E-state index is 12.4. The third-order valence-electron chi connectivity index (χ3n) is 3.49. The number of nitrogens with zero attached hydrogens (tertiary/aromatic N) is 3. The molecule has 1 aliphatic rings. The van der Waals surface area contributed by atoms with E-state index in [0.717, 1.165) is 15.7 Å². The van der Waals surface area contributed by atoms with Crippen molar-refractivity contribution in [2.24, 2.45) is 0 Å². The number of rotatable bonds is 1. The second-order valence-electron chi connectivity index (χ2n) is 4.77. The van der Waals surface area contributed by atoms with Gasteiger partial charge < -0.3 is 0 Å². The minimum Gasteiger partial charge on any atom is -0.284 e. The van der Waals surface area contributed by atoms with Crippen LogP contribution < -0.4 is 4.68 Å². The van der Waals surface area contributed by atoms with Gasteiger partial charge in [-0.25, -0.2) is 0 Å². The van der Waals surface area contributed by atoms with Gasteiger partial charge in [0.2, 0.25) is 17.2 Å². The highest BCUT2D eigenvalue weighted by Gasteiger charge is 2.34. The van der Waals surface area contributed by atoms with E-state index in [4.69, 9.17) is 0 Å². The minimum atomic E-state index is -0.0149. The van der Waals surface area contributed by atoms with Crippen LogP contribution in [0.4, 0.5) is 0 Å². The third-order valence-corrected chi connectivity index (χ3v) is 4.02. The van der Waals surface area contributed by atoms with Gasteiger partial charge in [-0.05, 0) is 36.4 Å². The van der Waals surface area contributed by atoms with E-state index >= 15 is 0 Å². The lowest BCUT2D eigenvalue weighted by Crippen LogP contribution is -2.38. The summed E-state index contributed by atoms with van der Waals surface area (Å²) in [5.74, 6) is -0.0149. The van der Waals surface area contributed by atoms with Crippen LogP contribution in [-0.4, -0.2) is 16.1 Å². The van der Waals surface area contributed by atoms with Gasteiger partial charge in [0.25, 0.3) is 0 Å². The highest BCUT2D eigenvalue weighted by molar-refractivity contribution is 9.10. The summed E-state index contributed by atoms with van der Waals surface area (Å²) in [4.78, 5) is 12.4. The van der Waals surface area contributed by atoms with Gasteiger partial charge in [0, 0.05) is 16.1 Å². The zero-order valence-corrected chi connectivity index (χ0v) is 12.4. The van der Waals surface area contributed by atoms with Crippen molar-refractivity contribution < 1.29 is 9.48 Å². The van der Waals surface area contributed by atoms with Crippen LogP contribution in [0.3, 0.4) is 0 Å². The fourth-order valence-corrected chi connectivity index (χ4v) is 2.71. The Hall–Kier alpha value is -2.40. The summed E-state index contributed by atoms with van der Waals surface area (Å²) in [6.07, 6.45) is 0. The first-order chi connectivity index (χ1) is 10.2. The van der Waals surface area contributed by atoms with E-state index in [9.17, 15) is 4.79 Å². The van der Waals surface area contributed by atoms with E-state index in [-0.39, 0.29) is 5.78 Å². The Balaban J connectivity index is 1.87. The van der Waals surface area contributed by atoms with Gasteiger partial charge in [-0.3, -0.25) is 4.79 Å². The number of benzene rings is 2. The van der Waals surface area contributed by atoms with Crippen LogP contribution in [0, 0.1) is 0 Å². The Bertz CT molecular complexity index is 875. The molecular weight excluding hydrogens is 330 g/mol. The second-order valence-corrected chi connectivity index (χ2v) is 5.68. The van der Waals surface area contributed by atoms with E-state index in [1.54, 1.807) is 10.7 Å². The molecule has 3 aromatic rings. The molecule has 1 aromatic heterocycles. The van der Waals surface area contributed by atoms with Crippen molar-refractivity contribution in [1.82, 2.24) is 10.3 Å². The molecule has 0 aliphatic carbocycles. The number of carbonyl (C=O) groups is 1. The molecule has 0 fully saturated rings. The Labute approximate surface area is 129 Å². The van der Waals surface area contributed by atoms with Crippen molar-refractivity contribution >= 4 is 21.7 Å². The average Bonchev–Trinajstić information content (AvgIpc) is 2.81. The molecule has 4 rings (SSSR count). The first-order valence-corrected chi connectivity index (χ1v) is 7.23. The summed E-state index contributed by atoms with van der Waals surface area (Å²) < 4.78 is 2.60. The summed E-state index contributed by atoms with van der Waals surface area (Å²) in [6.45, 7) is 0. The highest BCUT2D eigenvalue weighted by atomic mass is 79.9. The van der Waals surface area contributed by atoms with Gasteiger partial charge >= 0.3 is 0 Å². The van der Waals surface area contributed by atoms with Crippen LogP contribution >= 0.6 is 15.9 Å². The molecule has 0 saturated heterocycles. The third kappa shape index (κ3) is 1.89. The first-order valence-electron chi connectivity index (χ1n) is 6.44. The summed E-state index contributed by atoms with van der Waals surface area (Å²) >= 11 is 3.40. The summed E-state index contributed by atoms with van der Waals surface area (Å²) in [6, 6.07) is 17.0. The highest BCUT2D eigenvalue weighted by Crippen LogP contribution is 2.23. The van der Waals surface area contributed by atoms with E-state index < -0.39 is 0 Å². The molecule has 1 aliphatic heterocycles. The number of ketones is 1. The van der Waals surface area contributed by atoms with Crippen molar-refractivity contribution in [3.8, 4) is 16.9 Å². The molecular formula is C16H9BrN3O+. The number of aromatic nitrogens is 3. The standard InChI is InChI=1S/C16H9BrN3O/c17-11-7-5-10(6-8-11)13-9-15-16(21)12-3-1-2-4-14(12)20(15)19-18-13/h1-9H/q+1. The molecule has 0 spiro atoms. The molecule has 0 saturated carbocycles. The zero-order valence-electron chi connectivity index (χ0n) is 10.8. The molecule has 0 unspecified atom stereocenters. The molecule has 0 N–H and O–H groups in total. The fraction of sp³-hybridized carbons (Fsp3) is 0. The van der Waals surface area contributed by atoms with Crippen molar-refractivity contribution in [3.63, 3.8) is 0 Å². The molecule has 0 amide bonds. The first kappa shape index (κ1) is 12.3. The van der Waals surface area contributed by atoms with Gasteiger partial charge in [-0.1, -0.05) is 32.7 Å². The van der Waals surface area contributed by atoms with Gasteiger partial charge in [0.15, 0.2) is 5.69 Å². The van der Waals surface area contributed by atoms with Crippen molar-refractivity contribution in [1.29, 1.82) is 0 Å². The smallest absolute Gasteiger partial charge is 0.239 e. The number of halogens is 1.